The Hall–Kier alpha value is -2.88. The van der Waals surface area contributed by atoms with E-state index in [1.165, 1.54) is 12.1 Å². The first-order valence-corrected chi connectivity index (χ1v) is 9.28. The summed E-state index contributed by atoms with van der Waals surface area (Å²) in [7, 11) is 0. The third-order valence-electron chi connectivity index (χ3n) is 4.72. The van der Waals surface area contributed by atoms with Crippen molar-refractivity contribution in [1.82, 2.24) is 4.90 Å². The number of carbonyl (C=O) groups excluding carboxylic acids is 1. The highest BCUT2D eigenvalue weighted by Gasteiger charge is 2.20. The number of rotatable bonds is 8. The van der Waals surface area contributed by atoms with Gasteiger partial charge in [0.05, 0.1) is 6.26 Å². The van der Waals surface area contributed by atoms with Crippen LogP contribution in [-0.2, 0) is 11.3 Å². The van der Waals surface area contributed by atoms with E-state index in [2.05, 4.69) is 0 Å². The van der Waals surface area contributed by atoms with E-state index in [4.69, 9.17) is 4.42 Å². The summed E-state index contributed by atoms with van der Waals surface area (Å²) in [5.74, 6) is 0.661. The lowest BCUT2D eigenvalue weighted by Crippen LogP contribution is -2.31. The molecular weight excluding hydrogens is 341 g/mol. The zero-order chi connectivity index (χ0) is 19.1. The van der Waals surface area contributed by atoms with Gasteiger partial charge in [-0.25, -0.2) is 4.39 Å². The number of hydrogen-bond donors (Lipinski definition) is 0. The number of furan rings is 1. The van der Waals surface area contributed by atoms with E-state index in [-0.39, 0.29) is 17.6 Å². The van der Waals surface area contributed by atoms with Gasteiger partial charge in [-0.05, 0) is 41.8 Å². The molecule has 1 unspecified atom stereocenters. The van der Waals surface area contributed by atoms with Gasteiger partial charge in [0.1, 0.15) is 11.6 Å². The van der Waals surface area contributed by atoms with Gasteiger partial charge in [0.2, 0.25) is 5.91 Å². The van der Waals surface area contributed by atoms with E-state index < -0.39 is 0 Å². The highest BCUT2D eigenvalue weighted by molar-refractivity contribution is 5.75. The summed E-state index contributed by atoms with van der Waals surface area (Å²) in [6.45, 7) is 3.07. The van der Waals surface area contributed by atoms with Crippen molar-refractivity contribution in [2.75, 3.05) is 6.54 Å². The van der Waals surface area contributed by atoms with Crippen LogP contribution in [0.4, 0.5) is 4.39 Å². The van der Waals surface area contributed by atoms with E-state index >= 15 is 0 Å². The van der Waals surface area contributed by atoms with E-state index in [0.29, 0.717) is 25.9 Å². The Kier molecular flexibility index (Phi) is 6.42. The number of carbonyl (C=O) groups is 1. The molecular formula is C23H24FNO2. The molecule has 3 rings (SSSR count). The van der Waals surface area contributed by atoms with Gasteiger partial charge >= 0.3 is 0 Å². The molecule has 1 aromatic heterocycles. The molecule has 0 fully saturated rings. The predicted octanol–water partition coefficient (Wildman–Crippen LogP) is 5.38. The van der Waals surface area contributed by atoms with Gasteiger partial charge in [-0.15, -0.1) is 0 Å². The van der Waals surface area contributed by atoms with Crippen LogP contribution in [0.1, 0.15) is 42.6 Å². The van der Waals surface area contributed by atoms with Crippen LogP contribution in [-0.4, -0.2) is 17.4 Å². The van der Waals surface area contributed by atoms with Crippen LogP contribution in [0.3, 0.4) is 0 Å². The highest BCUT2D eigenvalue weighted by atomic mass is 19.1. The molecule has 0 radical (unpaired) electrons. The molecule has 3 nitrogen and oxygen atoms in total. The third kappa shape index (κ3) is 5.07. The minimum Gasteiger partial charge on any atom is -0.469 e. The lowest BCUT2D eigenvalue weighted by Gasteiger charge is -2.25. The first-order valence-electron chi connectivity index (χ1n) is 9.28. The maximum Gasteiger partial charge on any atom is 0.222 e. The van der Waals surface area contributed by atoms with Crippen molar-refractivity contribution >= 4 is 5.91 Å². The summed E-state index contributed by atoms with van der Waals surface area (Å²) in [6, 6.07) is 20.3. The Balaban J connectivity index is 1.77. The van der Waals surface area contributed by atoms with Gasteiger partial charge in [0.15, 0.2) is 0 Å². The SMILES string of the molecule is CCC(=O)N(CCC(c1ccc(F)cc1)c1ccco1)Cc1ccccc1. The zero-order valence-electron chi connectivity index (χ0n) is 15.5. The summed E-state index contributed by atoms with van der Waals surface area (Å²) < 4.78 is 18.9. The summed E-state index contributed by atoms with van der Waals surface area (Å²) >= 11 is 0. The number of amides is 1. The molecule has 0 aliphatic carbocycles. The number of nitrogens with zero attached hydrogens (tertiary/aromatic N) is 1. The standard InChI is InChI=1S/C23H24FNO2/c1-2-23(26)25(17-18-7-4-3-5-8-18)15-14-21(22-9-6-16-27-22)19-10-12-20(24)13-11-19/h3-13,16,21H,2,14-15,17H2,1H3. The van der Waals surface area contributed by atoms with Gasteiger partial charge in [0, 0.05) is 25.4 Å². The monoisotopic (exact) mass is 365 g/mol. The average molecular weight is 365 g/mol. The van der Waals surface area contributed by atoms with Crippen molar-refractivity contribution in [3.63, 3.8) is 0 Å². The molecule has 0 N–H and O–H groups in total. The van der Waals surface area contributed by atoms with E-state index in [9.17, 15) is 9.18 Å². The fraction of sp³-hybridized carbons (Fsp3) is 0.261. The van der Waals surface area contributed by atoms with Crippen molar-refractivity contribution in [2.24, 2.45) is 0 Å². The maximum atomic E-state index is 13.3. The van der Waals surface area contributed by atoms with Crippen LogP contribution in [0, 0.1) is 5.82 Å². The number of halogens is 1. The molecule has 1 amide bonds. The molecule has 0 saturated heterocycles. The second-order valence-electron chi connectivity index (χ2n) is 6.56. The Morgan fingerprint density at radius 3 is 2.41 bits per heavy atom. The first kappa shape index (κ1) is 18.9. The largest absolute Gasteiger partial charge is 0.469 e. The van der Waals surface area contributed by atoms with Crippen molar-refractivity contribution in [1.29, 1.82) is 0 Å². The molecule has 4 heteroatoms. The average Bonchev–Trinajstić information content (AvgIpc) is 3.23. The van der Waals surface area contributed by atoms with Crippen LogP contribution in [0.2, 0.25) is 0 Å². The molecule has 0 saturated carbocycles. The second kappa shape index (κ2) is 9.17. The van der Waals surface area contributed by atoms with Gasteiger partial charge in [-0.1, -0.05) is 49.4 Å². The van der Waals surface area contributed by atoms with Gasteiger partial charge < -0.3 is 9.32 Å². The lowest BCUT2D eigenvalue weighted by atomic mass is 9.93. The second-order valence-corrected chi connectivity index (χ2v) is 6.56. The first-order chi connectivity index (χ1) is 13.2. The molecule has 0 aliphatic heterocycles. The molecule has 2 aromatic carbocycles. The zero-order valence-corrected chi connectivity index (χ0v) is 15.5. The van der Waals surface area contributed by atoms with E-state index in [1.54, 1.807) is 18.4 Å². The Morgan fingerprint density at radius 2 is 1.78 bits per heavy atom. The summed E-state index contributed by atoms with van der Waals surface area (Å²) in [5, 5.41) is 0. The number of benzene rings is 2. The predicted molar refractivity (Wildman–Crippen MR) is 104 cm³/mol. The lowest BCUT2D eigenvalue weighted by molar-refractivity contribution is -0.131. The van der Waals surface area contributed by atoms with Crippen molar-refractivity contribution in [2.45, 2.75) is 32.2 Å². The van der Waals surface area contributed by atoms with E-state index in [1.807, 2.05) is 54.3 Å². The fourth-order valence-corrected chi connectivity index (χ4v) is 3.26. The molecule has 27 heavy (non-hydrogen) atoms. The Morgan fingerprint density at radius 1 is 1.04 bits per heavy atom. The van der Waals surface area contributed by atoms with Crippen molar-refractivity contribution in [3.8, 4) is 0 Å². The molecule has 3 aromatic rings. The summed E-state index contributed by atoms with van der Waals surface area (Å²) in [5.41, 5.74) is 2.09. The summed E-state index contributed by atoms with van der Waals surface area (Å²) in [4.78, 5) is 14.3. The Bertz CT molecular complexity index is 829. The molecule has 0 aliphatic rings. The van der Waals surface area contributed by atoms with Crippen LogP contribution < -0.4 is 0 Å². The molecule has 1 atom stereocenters. The van der Waals surface area contributed by atoms with Gasteiger partial charge in [-0.3, -0.25) is 4.79 Å². The normalized spacial score (nSPS) is 11.9. The van der Waals surface area contributed by atoms with Crippen molar-refractivity contribution in [3.05, 3.63) is 95.7 Å². The fourth-order valence-electron chi connectivity index (χ4n) is 3.26. The smallest absolute Gasteiger partial charge is 0.222 e. The molecule has 1 heterocycles. The van der Waals surface area contributed by atoms with Crippen LogP contribution >= 0.6 is 0 Å². The van der Waals surface area contributed by atoms with E-state index in [0.717, 1.165) is 16.9 Å². The van der Waals surface area contributed by atoms with Gasteiger partial charge in [0.25, 0.3) is 0 Å². The third-order valence-corrected chi connectivity index (χ3v) is 4.72. The molecule has 140 valence electrons. The minimum absolute atomic E-state index is 0.0245. The number of hydrogen-bond acceptors (Lipinski definition) is 2. The molecule has 0 spiro atoms. The van der Waals surface area contributed by atoms with Crippen LogP contribution in [0.15, 0.2) is 77.4 Å². The van der Waals surface area contributed by atoms with Gasteiger partial charge in [-0.2, -0.15) is 0 Å². The maximum absolute atomic E-state index is 13.3. The van der Waals surface area contributed by atoms with Crippen LogP contribution in [0.25, 0.3) is 0 Å². The molecule has 0 bridgehead atoms. The minimum atomic E-state index is -0.260. The quantitative estimate of drug-likeness (QED) is 0.537. The van der Waals surface area contributed by atoms with Crippen molar-refractivity contribution < 1.29 is 13.6 Å². The topological polar surface area (TPSA) is 33.5 Å². The Labute approximate surface area is 159 Å². The highest BCUT2D eigenvalue weighted by Crippen LogP contribution is 2.29. The summed E-state index contributed by atoms with van der Waals surface area (Å²) in [6.07, 6.45) is 2.82. The van der Waals surface area contributed by atoms with Crippen LogP contribution in [0.5, 0.6) is 0 Å².